The predicted octanol–water partition coefficient (Wildman–Crippen LogP) is 2.36. The van der Waals surface area contributed by atoms with Crippen LogP contribution in [0.15, 0.2) is 24.3 Å². The number of ether oxygens (including phenoxy) is 3. The largest absolute Gasteiger partial charge is 0.496 e. The van der Waals surface area contributed by atoms with Gasteiger partial charge in [-0.2, -0.15) is 0 Å². The van der Waals surface area contributed by atoms with Gasteiger partial charge in [-0.3, -0.25) is 4.79 Å². The summed E-state index contributed by atoms with van der Waals surface area (Å²) in [7, 11) is 2.97. The molecular formula is C20H24N2O5. The summed E-state index contributed by atoms with van der Waals surface area (Å²) in [6.45, 7) is 1.88. The Balaban J connectivity index is 1.67. The van der Waals surface area contributed by atoms with Crippen LogP contribution in [0.4, 0.5) is 0 Å². The summed E-state index contributed by atoms with van der Waals surface area (Å²) in [5.41, 5.74) is 1.20. The van der Waals surface area contributed by atoms with E-state index in [0.29, 0.717) is 37.6 Å². The molecule has 1 atom stereocenters. The highest BCUT2D eigenvalue weighted by Crippen LogP contribution is 2.43. The third kappa shape index (κ3) is 3.06. The minimum atomic E-state index is -0.561. The molecule has 0 aliphatic carbocycles. The van der Waals surface area contributed by atoms with Crippen LogP contribution in [0.5, 0.6) is 5.75 Å². The number of carbonyl (C=O) groups excluding carboxylic acids is 2. The lowest BCUT2D eigenvalue weighted by molar-refractivity contribution is -0.145. The van der Waals surface area contributed by atoms with Gasteiger partial charge in [-0.25, -0.2) is 4.79 Å². The van der Waals surface area contributed by atoms with Gasteiger partial charge in [0.15, 0.2) is 0 Å². The number of likely N-dealkylation sites (tertiary alicyclic amines) is 1. The number of aromatic amines is 1. The van der Waals surface area contributed by atoms with E-state index in [1.807, 2.05) is 18.2 Å². The summed E-state index contributed by atoms with van der Waals surface area (Å²) in [6.07, 6.45) is 2.33. The fourth-order valence-electron chi connectivity index (χ4n) is 4.36. The van der Waals surface area contributed by atoms with Gasteiger partial charge in [-0.15, -0.1) is 0 Å². The molecule has 2 aromatic rings. The zero-order chi connectivity index (χ0) is 19.0. The third-order valence-electron chi connectivity index (χ3n) is 5.87. The molecule has 144 valence electrons. The zero-order valence-corrected chi connectivity index (χ0v) is 15.6. The first kappa shape index (κ1) is 17.9. The number of aromatic nitrogens is 1. The monoisotopic (exact) mass is 372 g/mol. The number of nitrogens with zero attached hydrogens (tertiary/aromatic N) is 1. The van der Waals surface area contributed by atoms with E-state index in [2.05, 4.69) is 4.98 Å². The van der Waals surface area contributed by atoms with E-state index in [4.69, 9.17) is 14.2 Å². The molecule has 7 nitrogen and oxygen atoms in total. The number of esters is 1. The van der Waals surface area contributed by atoms with Gasteiger partial charge < -0.3 is 24.1 Å². The summed E-state index contributed by atoms with van der Waals surface area (Å²) in [6, 6.07) is 6.86. The number of hydrogen-bond donors (Lipinski definition) is 1. The van der Waals surface area contributed by atoms with E-state index in [-0.39, 0.29) is 17.3 Å². The van der Waals surface area contributed by atoms with Crippen LogP contribution in [0.2, 0.25) is 0 Å². The Kier molecular flexibility index (Phi) is 4.55. The Hall–Kier alpha value is -2.54. The number of nitrogens with one attached hydrogen (secondary N) is 1. The van der Waals surface area contributed by atoms with Crippen molar-refractivity contribution in [1.29, 1.82) is 0 Å². The van der Waals surface area contributed by atoms with Crippen LogP contribution in [0.1, 0.15) is 29.8 Å². The van der Waals surface area contributed by atoms with Gasteiger partial charge in [0, 0.05) is 30.7 Å². The molecular weight excluding hydrogens is 348 g/mol. The predicted molar refractivity (Wildman–Crippen MR) is 98.8 cm³/mol. The Bertz CT molecular complexity index is 868. The van der Waals surface area contributed by atoms with E-state index in [0.717, 1.165) is 23.7 Å². The summed E-state index contributed by atoms with van der Waals surface area (Å²) < 4.78 is 15.8. The minimum Gasteiger partial charge on any atom is -0.496 e. The number of rotatable bonds is 3. The van der Waals surface area contributed by atoms with Crippen LogP contribution in [0, 0.1) is 5.41 Å². The van der Waals surface area contributed by atoms with E-state index in [9.17, 15) is 9.59 Å². The van der Waals surface area contributed by atoms with Gasteiger partial charge in [0.2, 0.25) is 0 Å². The van der Waals surface area contributed by atoms with Crippen LogP contribution >= 0.6 is 0 Å². The second-order valence-electron chi connectivity index (χ2n) is 7.39. The molecule has 0 radical (unpaired) electrons. The lowest BCUT2D eigenvalue weighted by atomic mass is 9.78. The molecule has 2 saturated heterocycles. The van der Waals surface area contributed by atoms with Gasteiger partial charge in [0.1, 0.15) is 17.5 Å². The summed E-state index contributed by atoms with van der Waals surface area (Å²) in [4.78, 5) is 30.5. The summed E-state index contributed by atoms with van der Waals surface area (Å²) in [5.74, 6) is 0.155. The van der Waals surface area contributed by atoms with Gasteiger partial charge in [0.25, 0.3) is 5.91 Å². The number of hydrogen-bond acceptors (Lipinski definition) is 5. The number of benzene rings is 1. The van der Waals surface area contributed by atoms with Crippen molar-refractivity contribution in [1.82, 2.24) is 9.88 Å². The van der Waals surface area contributed by atoms with Crippen LogP contribution in [-0.2, 0) is 14.3 Å². The Labute approximate surface area is 157 Å². The fraction of sp³-hybridized carbons (Fsp3) is 0.500. The molecule has 2 fully saturated rings. The summed E-state index contributed by atoms with van der Waals surface area (Å²) in [5, 5.41) is 0.845. The van der Waals surface area contributed by atoms with Crippen LogP contribution in [0.25, 0.3) is 10.9 Å². The van der Waals surface area contributed by atoms with Crippen LogP contribution in [-0.4, -0.2) is 61.8 Å². The average Bonchev–Trinajstić information content (AvgIpc) is 3.29. The highest BCUT2D eigenvalue weighted by molar-refractivity contribution is 6.01. The first-order valence-electron chi connectivity index (χ1n) is 9.19. The molecule has 0 saturated carbocycles. The molecule has 1 aromatic carbocycles. The molecule has 27 heavy (non-hydrogen) atoms. The molecule has 4 rings (SSSR count). The van der Waals surface area contributed by atoms with Crippen molar-refractivity contribution < 1.29 is 23.8 Å². The van der Waals surface area contributed by atoms with E-state index in [1.165, 1.54) is 7.11 Å². The van der Waals surface area contributed by atoms with Gasteiger partial charge >= 0.3 is 5.97 Å². The number of fused-ring (bicyclic) bond motifs is 1. The molecule has 1 unspecified atom stereocenters. The highest BCUT2D eigenvalue weighted by Gasteiger charge is 2.50. The van der Waals surface area contributed by atoms with Crippen LogP contribution in [0.3, 0.4) is 0 Å². The molecule has 7 heteroatoms. The van der Waals surface area contributed by atoms with E-state index in [1.54, 1.807) is 18.1 Å². The molecule has 1 aromatic heterocycles. The normalized spacial score (nSPS) is 21.6. The molecule has 0 bridgehead atoms. The van der Waals surface area contributed by atoms with Crippen molar-refractivity contribution >= 4 is 22.8 Å². The van der Waals surface area contributed by atoms with Crippen molar-refractivity contribution in [2.75, 3.05) is 34.0 Å². The van der Waals surface area contributed by atoms with Gasteiger partial charge in [-0.1, -0.05) is 6.07 Å². The molecule has 1 N–H and O–H groups in total. The van der Waals surface area contributed by atoms with Crippen molar-refractivity contribution in [3.8, 4) is 5.75 Å². The molecule has 1 amide bonds. The fourth-order valence-corrected chi connectivity index (χ4v) is 4.36. The molecule has 2 aliphatic heterocycles. The van der Waals surface area contributed by atoms with Gasteiger partial charge in [0.05, 0.1) is 14.2 Å². The smallest absolute Gasteiger partial charge is 0.328 e. The molecule has 1 spiro atoms. The SMILES string of the molecule is COC(=O)C1CC2(CCOCC2)CN1C(=O)c1cc2c(OC)cccc2[nH]1. The zero-order valence-electron chi connectivity index (χ0n) is 15.6. The van der Waals surface area contributed by atoms with E-state index < -0.39 is 6.04 Å². The second-order valence-corrected chi connectivity index (χ2v) is 7.39. The topological polar surface area (TPSA) is 80.9 Å². The first-order chi connectivity index (χ1) is 13.1. The number of methoxy groups -OCH3 is 2. The molecule has 3 heterocycles. The van der Waals surface area contributed by atoms with Crippen molar-refractivity contribution in [3.05, 3.63) is 30.0 Å². The van der Waals surface area contributed by atoms with Crippen molar-refractivity contribution in [2.45, 2.75) is 25.3 Å². The quantitative estimate of drug-likeness (QED) is 0.837. The lowest BCUT2D eigenvalue weighted by Crippen LogP contribution is -2.41. The minimum absolute atomic E-state index is 0.0729. The highest BCUT2D eigenvalue weighted by atomic mass is 16.5. The number of H-pyrrole nitrogens is 1. The van der Waals surface area contributed by atoms with Crippen LogP contribution < -0.4 is 4.74 Å². The first-order valence-corrected chi connectivity index (χ1v) is 9.19. The maximum Gasteiger partial charge on any atom is 0.328 e. The number of carbonyl (C=O) groups is 2. The maximum absolute atomic E-state index is 13.3. The van der Waals surface area contributed by atoms with Crippen molar-refractivity contribution in [2.24, 2.45) is 5.41 Å². The second kappa shape index (κ2) is 6.88. The third-order valence-corrected chi connectivity index (χ3v) is 5.87. The standard InChI is InChI=1S/C20H24N2O5/c1-25-17-5-3-4-14-13(17)10-15(21-14)18(23)22-12-20(6-8-27-9-7-20)11-16(22)19(24)26-2/h3-5,10,16,21H,6-9,11-12H2,1-2H3. The number of amides is 1. The maximum atomic E-state index is 13.3. The average molecular weight is 372 g/mol. The molecule has 2 aliphatic rings. The Morgan fingerprint density at radius 3 is 2.74 bits per heavy atom. The van der Waals surface area contributed by atoms with E-state index >= 15 is 0 Å². The lowest BCUT2D eigenvalue weighted by Gasteiger charge is -2.32. The Morgan fingerprint density at radius 1 is 1.26 bits per heavy atom. The van der Waals surface area contributed by atoms with Gasteiger partial charge in [-0.05, 0) is 42.9 Å². The summed E-state index contributed by atoms with van der Waals surface area (Å²) >= 11 is 0. The van der Waals surface area contributed by atoms with Crippen molar-refractivity contribution in [3.63, 3.8) is 0 Å². The Morgan fingerprint density at radius 2 is 2.04 bits per heavy atom.